The highest BCUT2D eigenvalue weighted by Gasteiger charge is 2.18. The highest BCUT2D eigenvalue weighted by molar-refractivity contribution is 5.94. The highest BCUT2D eigenvalue weighted by atomic mass is 16.3. The van der Waals surface area contributed by atoms with Crippen molar-refractivity contribution in [2.75, 3.05) is 18.0 Å². The fraction of sp³-hybridized carbons (Fsp3) is 0.273. The van der Waals surface area contributed by atoms with Crippen molar-refractivity contribution in [3.8, 4) is 0 Å². The second kappa shape index (κ2) is 7.86. The van der Waals surface area contributed by atoms with E-state index < -0.39 is 0 Å². The number of hydrogen-bond acceptors (Lipinski definition) is 4. The SMILES string of the molecule is O=C(NCc1cc2ccccc2[nH]c1=O)c1ccc(N2CCCC(O)C2)cc1. The van der Waals surface area contributed by atoms with E-state index in [9.17, 15) is 14.7 Å². The molecule has 1 aromatic heterocycles. The lowest BCUT2D eigenvalue weighted by Gasteiger charge is -2.32. The zero-order chi connectivity index (χ0) is 19.5. The lowest BCUT2D eigenvalue weighted by Crippen LogP contribution is -2.38. The molecule has 1 atom stereocenters. The van der Waals surface area contributed by atoms with Gasteiger partial charge < -0.3 is 20.3 Å². The number of carbonyl (C=O) groups excluding carboxylic acids is 1. The van der Waals surface area contributed by atoms with E-state index in [2.05, 4.69) is 15.2 Å². The molecule has 0 aliphatic carbocycles. The number of anilines is 1. The average molecular weight is 377 g/mol. The number of nitrogens with zero attached hydrogens (tertiary/aromatic N) is 1. The number of H-pyrrole nitrogens is 1. The Morgan fingerprint density at radius 1 is 1.18 bits per heavy atom. The molecule has 6 heteroatoms. The number of fused-ring (bicyclic) bond motifs is 1. The number of pyridine rings is 1. The van der Waals surface area contributed by atoms with Crippen LogP contribution in [0.3, 0.4) is 0 Å². The average Bonchev–Trinajstić information content (AvgIpc) is 2.72. The van der Waals surface area contributed by atoms with Crippen LogP contribution < -0.4 is 15.8 Å². The number of hydrogen-bond donors (Lipinski definition) is 3. The van der Waals surface area contributed by atoms with Gasteiger partial charge in [0.2, 0.25) is 0 Å². The van der Waals surface area contributed by atoms with E-state index in [1.165, 1.54) is 0 Å². The molecule has 0 saturated carbocycles. The monoisotopic (exact) mass is 377 g/mol. The summed E-state index contributed by atoms with van der Waals surface area (Å²) in [4.78, 5) is 29.6. The first-order chi connectivity index (χ1) is 13.6. The van der Waals surface area contributed by atoms with Crippen molar-refractivity contribution >= 4 is 22.5 Å². The van der Waals surface area contributed by atoms with Crippen molar-refractivity contribution in [1.29, 1.82) is 0 Å². The third-order valence-electron chi connectivity index (χ3n) is 5.16. The number of benzene rings is 2. The van der Waals surface area contributed by atoms with Gasteiger partial charge in [0, 0.05) is 42.0 Å². The number of nitrogens with one attached hydrogen (secondary N) is 2. The van der Waals surface area contributed by atoms with E-state index >= 15 is 0 Å². The van der Waals surface area contributed by atoms with E-state index in [0.29, 0.717) is 17.7 Å². The third kappa shape index (κ3) is 3.92. The molecule has 1 saturated heterocycles. The van der Waals surface area contributed by atoms with E-state index in [0.717, 1.165) is 36.0 Å². The molecular weight excluding hydrogens is 354 g/mol. The van der Waals surface area contributed by atoms with Crippen molar-refractivity contribution in [3.63, 3.8) is 0 Å². The van der Waals surface area contributed by atoms with Gasteiger partial charge in [0.25, 0.3) is 11.5 Å². The number of aliphatic hydroxyl groups is 1. The summed E-state index contributed by atoms with van der Waals surface area (Å²) in [5, 5.41) is 13.6. The number of amides is 1. The van der Waals surface area contributed by atoms with Crippen LogP contribution in [0.2, 0.25) is 0 Å². The van der Waals surface area contributed by atoms with Gasteiger partial charge in [0.1, 0.15) is 0 Å². The number of β-amino-alcohol motifs (C(OH)–C–C–N with tert-alkyl or cyclic N) is 1. The molecule has 6 nitrogen and oxygen atoms in total. The lowest BCUT2D eigenvalue weighted by atomic mass is 10.1. The van der Waals surface area contributed by atoms with Gasteiger partial charge in [-0.25, -0.2) is 0 Å². The highest BCUT2D eigenvalue weighted by Crippen LogP contribution is 2.20. The molecule has 1 aliphatic heterocycles. The zero-order valence-electron chi connectivity index (χ0n) is 15.5. The number of aliphatic hydroxyl groups excluding tert-OH is 1. The topological polar surface area (TPSA) is 85.4 Å². The molecule has 2 heterocycles. The molecule has 28 heavy (non-hydrogen) atoms. The summed E-state index contributed by atoms with van der Waals surface area (Å²) in [5.74, 6) is -0.224. The fourth-order valence-corrected chi connectivity index (χ4v) is 3.61. The first-order valence-corrected chi connectivity index (χ1v) is 9.52. The summed E-state index contributed by atoms with van der Waals surface area (Å²) in [6, 6.07) is 16.7. The predicted octanol–water partition coefficient (Wildman–Crippen LogP) is 2.42. The Kier molecular flexibility index (Phi) is 5.12. The summed E-state index contributed by atoms with van der Waals surface area (Å²) < 4.78 is 0. The molecule has 0 bridgehead atoms. The van der Waals surface area contributed by atoms with Crippen molar-refractivity contribution in [2.45, 2.75) is 25.5 Å². The number of para-hydroxylation sites is 1. The normalized spacial score (nSPS) is 16.9. The number of aromatic amines is 1. The second-order valence-electron chi connectivity index (χ2n) is 7.18. The zero-order valence-corrected chi connectivity index (χ0v) is 15.5. The molecular formula is C22H23N3O3. The van der Waals surface area contributed by atoms with Crippen LogP contribution in [0.4, 0.5) is 5.69 Å². The number of rotatable bonds is 4. The maximum absolute atomic E-state index is 12.5. The predicted molar refractivity (Wildman–Crippen MR) is 110 cm³/mol. The second-order valence-corrected chi connectivity index (χ2v) is 7.18. The Morgan fingerprint density at radius 2 is 1.96 bits per heavy atom. The Hall–Kier alpha value is -3.12. The van der Waals surface area contributed by atoms with Crippen LogP contribution >= 0.6 is 0 Å². The van der Waals surface area contributed by atoms with E-state index in [-0.39, 0.29) is 24.1 Å². The van der Waals surface area contributed by atoms with Crippen LogP contribution in [0.1, 0.15) is 28.8 Å². The summed E-state index contributed by atoms with van der Waals surface area (Å²) in [7, 11) is 0. The Balaban J connectivity index is 1.42. The molecule has 3 N–H and O–H groups in total. The molecule has 0 radical (unpaired) electrons. The maximum Gasteiger partial charge on any atom is 0.253 e. The van der Waals surface area contributed by atoms with E-state index in [1.54, 1.807) is 18.2 Å². The van der Waals surface area contributed by atoms with Gasteiger partial charge in [0.15, 0.2) is 0 Å². The van der Waals surface area contributed by atoms with Gasteiger partial charge in [-0.1, -0.05) is 18.2 Å². The molecule has 1 unspecified atom stereocenters. The minimum Gasteiger partial charge on any atom is -0.391 e. The van der Waals surface area contributed by atoms with Gasteiger partial charge in [-0.2, -0.15) is 0 Å². The molecule has 3 aromatic rings. The van der Waals surface area contributed by atoms with Crippen molar-refractivity contribution in [3.05, 3.63) is 76.1 Å². The van der Waals surface area contributed by atoms with E-state index in [1.807, 2.05) is 36.4 Å². The van der Waals surface area contributed by atoms with Gasteiger partial charge in [-0.3, -0.25) is 9.59 Å². The van der Waals surface area contributed by atoms with Gasteiger partial charge >= 0.3 is 0 Å². The van der Waals surface area contributed by atoms with E-state index in [4.69, 9.17) is 0 Å². The van der Waals surface area contributed by atoms with Crippen LogP contribution in [0, 0.1) is 0 Å². The standard InChI is InChI=1S/C22H23N3O3/c26-19-5-3-11-25(14-19)18-9-7-15(8-10-18)21(27)23-13-17-12-16-4-1-2-6-20(16)24-22(17)28/h1-2,4,6-10,12,19,26H,3,5,11,13-14H2,(H,23,27)(H,24,28). The molecule has 4 rings (SSSR count). The molecule has 1 amide bonds. The smallest absolute Gasteiger partial charge is 0.253 e. The quantitative estimate of drug-likeness (QED) is 0.652. The Morgan fingerprint density at radius 3 is 2.75 bits per heavy atom. The number of aromatic nitrogens is 1. The van der Waals surface area contributed by atoms with Gasteiger partial charge in [-0.05, 0) is 54.6 Å². The van der Waals surface area contributed by atoms with Crippen LogP contribution in [0.25, 0.3) is 10.9 Å². The summed E-state index contributed by atoms with van der Waals surface area (Å²) in [6.45, 7) is 1.70. The van der Waals surface area contributed by atoms with Crippen molar-refractivity contribution in [2.24, 2.45) is 0 Å². The van der Waals surface area contributed by atoms with Crippen LogP contribution in [0.15, 0.2) is 59.4 Å². The van der Waals surface area contributed by atoms with Crippen LogP contribution in [-0.4, -0.2) is 35.2 Å². The summed E-state index contributed by atoms with van der Waals surface area (Å²) in [6.07, 6.45) is 1.51. The summed E-state index contributed by atoms with van der Waals surface area (Å²) in [5.41, 5.74) is 2.64. The fourth-order valence-electron chi connectivity index (χ4n) is 3.61. The Labute approximate surface area is 162 Å². The van der Waals surface area contributed by atoms with Crippen molar-refractivity contribution in [1.82, 2.24) is 10.3 Å². The first-order valence-electron chi connectivity index (χ1n) is 9.52. The summed E-state index contributed by atoms with van der Waals surface area (Å²) >= 11 is 0. The van der Waals surface area contributed by atoms with Gasteiger partial charge in [0.05, 0.1) is 6.10 Å². The molecule has 2 aromatic carbocycles. The number of carbonyl (C=O) groups is 1. The Bertz CT molecular complexity index is 1040. The van der Waals surface area contributed by atoms with Crippen molar-refractivity contribution < 1.29 is 9.90 Å². The third-order valence-corrected chi connectivity index (χ3v) is 5.16. The van der Waals surface area contributed by atoms with Crippen LogP contribution in [0.5, 0.6) is 0 Å². The van der Waals surface area contributed by atoms with Crippen LogP contribution in [-0.2, 0) is 6.54 Å². The molecule has 1 aliphatic rings. The lowest BCUT2D eigenvalue weighted by molar-refractivity contribution is 0.0950. The minimum absolute atomic E-state index is 0.166. The molecule has 144 valence electrons. The minimum atomic E-state index is -0.295. The largest absolute Gasteiger partial charge is 0.391 e. The number of piperidine rings is 1. The first kappa shape index (κ1) is 18.3. The molecule has 0 spiro atoms. The maximum atomic E-state index is 12.5. The molecule has 1 fully saturated rings. The van der Waals surface area contributed by atoms with Gasteiger partial charge in [-0.15, -0.1) is 0 Å².